The van der Waals surface area contributed by atoms with Crippen LogP contribution in [-0.2, 0) is 0 Å². The third-order valence-electron chi connectivity index (χ3n) is 4.07. The van der Waals surface area contributed by atoms with Gasteiger partial charge in [-0.3, -0.25) is 0 Å². The number of hydrogen-bond acceptors (Lipinski definition) is 1. The number of rotatable bonds is 10. The fraction of sp³-hybridized carbons (Fsp3) is 1.00. The monoisotopic (exact) mass is 258 g/mol. The van der Waals surface area contributed by atoms with E-state index in [1.165, 1.54) is 44.9 Å². The van der Waals surface area contributed by atoms with Gasteiger partial charge in [0.2, 0.25) is 0 Å². The molecule has 0 radical (unpaired) electrons. The van der Waals surface area contributed by atoms with Gasteiger partial charge in [0.25, 0.3) is 0 Å². The van der Waals surface area contributed by atoms with Crippen LogP contribution in [0.25, 0.3) is 0 Å². The average Bonchev–Trinajstić information content (AvgIpc) is 2.26. The summed E-state index contributed by atoms with van der Waals surface area (Å²) in [5.41, 5.74) is 0. The Hall–Kier alpha value is 0.350. The zero-order valence-electron chi connectivity index (χ0n) is 12.7. The summed E-state index contributed by atoms with van der Waals surface area (Å²) in [6, 6.07) is 0. The molecule has 0 aliphatic rings. The molecule has 0 N–H and O–H groups in total. The highest BCUT2D eigenvalue weighted by atomic mass is 32.1. The summed E-state index contributed by atoms with van der Waals surface area (Å²) < 4.78 is 0. The Bertz CT molecular complexity index is 145. The maximum Gasteiger partial charge on any atom is 0.00398 e. The molecule has 0 aliphatic carbocycles. The van der Waals surface area contributed by atoms with Crippen LogP contribution in [0.2, 0.25) is 0 Å². The van der Waals surface area contributed by atoms with Crippen LogP contribution in [0.15, 0.2) is 0 Å². The van der Waals surface area contributed by atoms with Crippen molar-refractivity contribution in [1.29, 1.82) is 0 Å². The smallest absolute Gasteiger partial charge is 0.00398 e. The first-order chi connectivity index (χ1) is 7.95. The Morgan fingerprint density at radius 3 is 1.59 bits per heavy atom. The average molecular weight is 259 g/mol. The first-order valence-corrected chi connectivity index (χ1v) is 8.14. The van der Waals surface area contributed by atoms with E-state index in [0.29, 0.717) is 5.25 Å². The van der Waals surface area contributed by atoms with Crippen molar-refractivity contribution in [3.05, 3.63) is 0 Å². The van der Waals surface area contributed by atoms with E-state index < -0.39 is 0 Å². The van der Waals surface area contributed by atoms with Crippen molar-refractivity contribution in [3.8, 4) is 0 Å². The molecule has 0 saturated heterocycles. The van der Waals surface area contributed by atoms with Crippen LogP contribution >= 0.6 is 12.6 Å². The number of thiol groups is 1. The summed E-state index contributed by atoms with van der Waals surface area (Å²) in [5.74, 6) is 2.48. The molecular weight excluding hydrogens is 224 g/mol. The van der Waals surface area contributed by atoms with Gasteiger partial charge in [0.1, 0.15) is 0 Å². The molecule has 2 atom stereocenters. The largest absolute Gasteiger partial charge is 0.176 e. The highest BCUT2D eigenvalue weighted by molar-refractivity contribution is 7.81. The van der Waals surface area contributed by atoms with E-state index in [0.717, 1.165) is 17.8 Å². The molecule has 0 bridgehead atoms. The molecule has 0 heterocycles. The van der Waals surface area contributed by atoms with Crippen molar-refractivity contribution in [2.24, 2.45) is 17.8 Å². The van der Waals surface area contributed by atoms with Crippen LogP contribution in [0.5, 0.6) is 0 Å². The first-order valence-electron chi connectivity index (χ1n) is 7.63. The summed E-state index contributed by atoms with van der Waals surface area (Å²) in [6.45, 7) is 11.6. The summed E-state index contributed by atoms with van der Waals surface area (Å²) in [6.07, 6.45) is 9.75. The second kappa shape index (κ2) is 10.3. The highest BCUT2D eigenvalue weighted by Crippen LogP contribution is 2.20. The van der Waals surface area contributed by atoms with Gasteiger partial charge in [-0.2, -0.15) is 12.6 Å². The second-order valence-corrected chi connectivity index (χ2v) is 7.04. The second-order valence-electron chi connectivity index (χ2n) is 6.38. The van der Waals surface area contributed by atoms with Gasteiger partial charge >= 0.3 is 0 Å². The molecule has 0 nitrogen and oxygen atoms in total. The lowest BCUT2D eigenvalue weighted by atomic mass is 9.92. The molecule has 0 saturated carbocycles. The lowest BCUT2D eigenvalue weighted by Crippen LogP contribution is -2.07. The Labute approximate surface area is 115 Å². The zero-order valence-corrected chi connectivity index (χ0v) is 13.6. The summed E-state index contributed by atoms with van der Waals surface area (Å²) in [7, 11) is 0. The van der Waals surface area contributed by atoms with Crippen LogP contribution in [0.1, 0.15) is 79.6 Å². The molecule has 0 fully saturated rings. The minimum Gasteiger partial charge on any atom is -0.176 e. The van der Waals surface area contributed by atoms with Gasteiger partial charge < -0.3 is 0 Å². The minimum atomic E-state index is 0.607. The third-order valence-corrected chi connectivity index (χ3v) is 4.92. The van der Waals surface area contributed by atoms with Gasteiger partial charge in [-0.15, -0.1) is 0 Å². The molecule has 0 aromatic carbocycles. The first kappa shape index (κ1) is 17.4. The van der Waals surface area contributed by atoms with E-state index in [-0.39, 0.29) is 0 Å². The van der Waals surface area contributed by atoms with Gasteiger partial charge in [0.05, 0.1) is 0 Å². The number of hydrogen-bond donors (Lipinski definition) is 1. The highest BCUT2D eigenvalue weighted by Gasteiger charge is 2.07. The van der Waals surface area contributed by atoms with Gasteiger partial charge in [-0.1, -0.05) is 73.1 Å². The molecule has 0 aromatic rings. The van der Waals surface area contributed by atoms with Crippen molar-refractivity contribution in [3.63, 3.8) is 0 Å². The van der Waals surface area contributed by atoms with Gasteiger partial charge in [-0.05, 0) is 24.2 Å². The van der Waals surface area contributed by atoms with Crippen LogP contribution in [0, 0.1) is 17.8 Å². The van der Waals surface area contributed by atoms with Gasteiger partial charge in [0.15, 0.2) is 0 Å². The predicted molar refractivity (Wildman–Crippen MR) is 83.9 cm³/mol. The third kappa shape index (κ3) is 10.00. The van der Waals surface area contributed by atoms with Crippen LogP contribution in [-0.4, -0.2) is 5.25 Å². The summed E-state index contributed by atoms with van der Waals surface area (Å²) >= 11 is 4.62. The summed E-state index contributed by atoms with van der Waals surface area (Å²) in [4.78, 5) is 0. The summed E-state index contributed by atoms with van der Waals surface area (Å²) in [5, 5.41) is 0.607. The Morgan fingerprint density at radius 2 is 1.12 bits per heavy atom. The van der Waals surface area contributed by atoms with E-state index in [9.17, 15) is 0 Å². The van der Waals surface area contributed by atoms with E-state index in [4.69, 9.17) is 0 Å². The molecule has 104 valence electrons. The zero-order chi connectivity index (χ0) is 13.3. The molecular formula is C16H34S. The Balaban J connectivity index is 3.24. The van der Waals surface area contributed by atoms with E-state index in [2.05, 4.69) is 47.2 Å². The molecule has 1 heteroatoms. The number of unbranched alkanes of at least 4 members (excludes halogenated alkanes) is 4. The van der Waals surface area contributed by atoms with Gasteiger partial charge in [0, 0.05) is 5.25 Å². The van der Waals surface area contributed by atoms with E-state index in [1.54, 1.807) is 0 Å². The molecule has 2 unspecified atom stereocenters. The van der Waals surface area contributed by atoms with Crippen LogP contribution in [0.3, 0.4) is 0 Å². The van der Waals surface area contributed by atoms with Gasteiger partial charge in [-0.25, -0.2) is 0 Å². The Kier molecular flexibility index (Phi) is 10.5. The SMILES string of the molecule is CC(C)C(C)CCCCCCCC(S)C(C)C. The molecule has 0 amide bonds. The standard InChI is InChI=1S/C16H34S/c1-13(2)15(5)11-9-7-6-8-10-12-16(17)14(3)4/h13-17H,6-12H2,1-5H3. The van der Waals surface area contributed by atoms with Crippen molar-refractivity contribution < 1.29 is 0 Å². The lowest BCUT2D eigenvalue weighted by molar-refractivity contribution is 0.374. The molecule has 0 aliphatic heterocycles. The fourth-order valence-corrected chi connectivity index (χ4v) is 2.20. The van der Waals surface area contributed by atoms with Crippen molar-refractivity contribution in [1.82, 2.24) is 0 Å². The maximum absolute atomic E-state index is 4.62. The van der Waals surface area contributed by atoms with Crippen LogP contribution < -0.4 is 0 Å². The molecule has 17 heavy (non-hydrogen) atoms. The van der Waals surface area contributed by atoms with E-state index in [1.807, 2.05) is 0 Å². The molecule has 0 aromatic heterocycles. The topological polar surface area (TPSA) is 0 Å². The Morgan fingerprint density at radius 1 is 0.647 bits per heavy atom. The normalized spacial score (nSPS) is 15.5. The quantitative estimate of drug-likeness (QED) is 0.362. The van der Waals surface area contributed by atoms with Crippen molar-refractivity contribution in [2.45, 2.75) is 84.8 Å². The van der Waals surface area contributed by atoms with Crippen molar-refractivity contribution in [2.75, 3.05) is 0 Å². The minimum absolute atomic E-state index is 0.607. The maximum atomic E-state index is 4.62. The lowest BCUT2D eigenvalue weighted by Gasteiger charge is -2.15. The molecule has 0 spiro atoms. The molecule has 0 rings (SSSR count). The fourth-order valence-electron chi connectivity index (χ4n) is 2.02. The van der Waals surface area contributed by atoms with E-state index >= 15 is 0 Å². The van der Waals surface area contributed by atoms with Crippen molar-refractivity contribution >= 4 is 12.6 Å². The predicted octanol–water partition coefficient (Wildman–Crippen LogP) is 5.96. The van der Waals surface area contributed by atoms with Crippen LogP contribution in [0.4, 0.5) is 0 Å².